The Morgan fingerprint density at radius 2 is 0.359 bits per heavy atom. The van der Waals surface area contributed by atoms with Crippen molar-refractivity contribution in [1.82, 2.24) is 0 Å². The summed E-state index contributed by atoms with van der Waals surface area (Å²) in [6, 6.07) is 0. The summed E-state index contributed by atoms with van der Waals surface area (Å²) in [5.41, 5.74) is 0. The van der Waals surface area contributed by atoms with Crippen molar-refractivity contribution in [3.8, 4) is 0 Å². The molecular formula is C12H27O24P3. The predicted molar refractivity (Wildman–Crippen MR) is 116 cm³/mol. The first-order valence-electron chi connectivity index (χ1n) is 8.54. The van der Waals surface area contributed by atoms with Crippen molar-refractivity contribution in [2.45, 2.75) is 38.5 Å². The van der Waals surface area contributed by atoms with Crippen LogP contribution in [0.1, 0.15) is 38.5 Å². The van der Waals surface area contributed by atoms with Crippen LogP contribution in [-0.4, -0.2) is 110 Å². The van der Waals surface area contributed by atoms with Crippen LogP contribution in [0, 0.1) is 0 Å². The standard InChI is InChI=1S/3C4H6O4.3H3O4P/c3*5-3(6)1-2-4(7)8;3*1-5(2,3)4/h3*1-2H2,(H,5,6)(H,7,8);3*(H3,1,2,3,4). The van der Waals surface area contributed by atoms with Crippen LogP contribution in [-0.2, 0) is 42.5 Å². The molecule has 15 N–H and O–H groups in total. The second-order valence-corrected chi connectivity index (χ2v) is 8.48. The molecule has 0 heterocycles. The Kier molecular flexibility index (Phi) is 33.7. The molecule has 0 aromatic carbocycles. The summed E-state index contributed by atoms with van der Waals surface area (Å²) in [5.74, 6) is -6.46. The Bertz CT molecular complexity index is 696. The van der Waals surface area contributed by atoms with E-state index in [-0.39, 0.29) is 38.5 Å². The molecule has 39 heavy (non-hydrogen) atoms. The predicted octanol–water partition coefficient (Wildman–Crippen LogP) is -2.98. The minimum Gasteiger partial charge on any atom is -0.481 e. The molecule has 0 unspecified atom stereocenters. The maximum Gasteiger partial charge on any atom is 0.466 e. The Balaban J connectivity index is -0.0000000850. The first-order valence-corrected chi connectivity index (χ1v) is 13.2. The van der Waals surface area contributed by atoms with Gasteiger partial charge in [0.25, 0.3) is 0 Å². The lowest BCUT2D eigenvalue weighted by Crippen LogP contribution is -2.00. The number of carboxylic acid groups (broad SMARTS) is 6. The number of rotatable bonds is 9. The average molecular weight is 648 g/mol. The van der Waals surface area contributed by atoms with Crippen LogP contribution >= 0.6 is 23.5 Å². The molecule has 0 saturated carbocycles. The van der Waals surface area contributed by atoms with Crippen molar-refractivity contribution < 1.29 is 117 Å². The van der Waals surface area contributed by atoms with E-state index in [0.717, 1.165) is 0 Å². The highest BCUT2D eigenvalue weighted by Crippen LogP contribution is 2.26. The van der Waals surface area contributed by atoms with Gasteiger partial charge in [-0.05, 0) is 0 Å². The van der Waals surface area contributed by atoms with Gasteiger partial charge < -0.3 is 74.7 Å². The van der Waals surface area contributed by atoms with Crippen molar-refractivity contribution in [2.75, 3.05) is 0 Å². The van der Waals surface area contributed by atoms with Crippen LogP contribution in [0.3, 0.4) is 0 Å². The maximum absolute atomic E-state index is 9.64. The lowest BCUT2D eigenvalue weighted by atomic mass is 10.3. The second-order valence-electron chi connectivity index (χ2n) is 5.40. The molecule has 0 spiro atoms. The fraction of sp³-hybridized carbons (Fsp3) is 0.500. The van der Waals surface area contributed by atoms with Gasteiger partial charge >= 0.3 is 59.3 Å². The van der Waals surface area contributed by atoms with Crippen LogP contribution in [0.2, 0.25) is 0 Å². The van der Waals surface area contributed by atoms with Crippen molar-refractivity contribution in [3.05, 3.63) is 0 Å². The third-order valence-electron chi connectivity index (χ3n) is 1.66. The van der Waals surface area contributed by atoms with E-state index in [1.54, 1.807) is 0 Å². The molecule has 24 nitrogen and oxygen atoms in total. The summed E-state index contributed by atoms with van der Waals surface area (Å²) >= 11 is 0. The molecule has 0 aromatic heterocycles. The molecule has 0 aromatic rings. The first kappa shape index (κ1) is 49.1. The molecule has 0 bridgehead atoms. The largest absolute Gasteiger partial charge is 0.481 e. The number of hydrogen-bond donors (Lipinski definition) is 15. The fourth-order valence-electron chi connectivity index (χ4n) is 0.642. The molecule has 0 aliphatic heterocycles. The van der Waals surface area contributed by atoms with Crippen LogP contribution in [0.15, 0.2) is 0 Å². The Labute approximate surface area is 215 Å². The zero-order valence-electron chi connectivity index (χ0n) is 19.0. The summed E-state index contributed by atoms with van der Waals surface area (Å²) in [6.45, 7) is 0. The van der Waals surface area contributed by atoms with Crippen LogP contribution in [0.25, 0.3) is 0 Å². The molecule has 0 aliphatic rings. The van der Waals surface area contributed by atoms with Gasteiger partial charge in [-0.1, -0.05) is 0 Å². The molecular weight excluding hydrogens is 621 g/mol. The van der Waals surface area contributed by atoms with Crippen molar-refractivity contribution in [3.63, 3.8) is 0 Å². The summed E-state index contributed by atoms with van der Waals surface area (Å²) in [7, 11) is -13.9. The number of carboxylic acids is 6. The van der Waals surface area contributed by atoms with Crippen LogP contribution in [0.4, 0.5) is 0 Å². The molecule has 0 atom stereocenters. The van der Waals surface area contributed by atoms with Crippen molar-refractivity contribution in [2.24, 2.45) is 0 Å². The van der Waals surface area contributed by atoms with E-state index < -0.39 is 59.3 Å². The summed E-state index contributed by atoms with van der Waals surface area (Å²) in [6.07, 6.45) is -1.78. The Hall–Kier alpha value is -2.85. The van der Waals surface area contributed by atoms with Gasteiger partial charge in [-0.25, -0.2) is 13.7 Å². The second kappa shape index (κ2) is 26.7. The molecule has 0 radical (unpaired) electrons. The highest BCUT2D eigenvalue weighted by atomic mass is 31.2. The Morgan fingerprint density at radius 3 is 0.385 bits per heavy atom. The number of phosphoric acid groups is 3. The first-order chi connectivity index (χ1) is 16.9. The Morgan fingerprint density at radius 1 is 0.308 bits per heavy atom. The maximum atomic E-state index is 9.64. The van der Waals surface area contributed by atoms with Gasteiger partial charge in [0.2, 0.25) is 0 Å². The van der Waals surface area contributed by atoms with E-state index in [4.69, 9.17) is 88.4 Å². The molecule has 234 valence electrons. The molecule has 0 fully saturated rings. The van der Waals surface area contributed by atoms with Gasteiger partial charge in [-0.2, -0.15) is 0 Å². The van der Waals surface area contributed by atoms with Gasteiger partial charge in [-0.15, -0.1) is 0 Å². The summed E-state index contributed by atoms with van der Waals surface area (Å²) < 4.78 is 26.6. The van der Waals surface area contributed by atoms with Crippen molar-refractivity contribution in [1.29, 1.82) is 0 Å². The van der Waals surface area contributed by atoms with Crippen LogP contribution in [0.5, 0.6) is 0 Å². The number of carbonyl (C=O) groups is 6. The minimum absolute atomic E-state index is 0.296. The average Bonchev–Trinajstić information content (AvgIpc) is 2.60. The smallest absolute Gasteiger partial charge is 0.466 e. The van der Waals surface area contributed by atoms with Crippen LogP contribution < -0.4 is 0 Å². The van der Waals surface area contributed by atoms with E-state index in [0.29, 0.717) is 0 Å². The third-order valence-corrected chi connectivity index (χ3v) is 1.66. The monoisotopic (exact) mass is 648 g/mol. The summed E-state index contributed by atoms with van der Waals surface area (Å²) in [4.78, 5) is 123. The van der Waals surface area contributed by atoms with Gasteiger partial charge in [0.15, 0.2) is 0 Å². The van der Waals surface area contributed by atoms with E-state index >= 15 is 0 Å². The number of hydrogen-bond acceptors (Lipinski definition) is 9. The highest BCUT2D eigenvalue weighted by Gasteiger charge is 2.02. The topological polar surface area (TPSA) is 457 Å². The van der Waals surface area contributed by atoms with E-state index in [9.17, 15) is 28.8 Å². The third kappa shape index (κ3) is 262. The lowest BCUT2D eigenvalue weighted by Gasteiger charge is -1.85. The molecule has 0 rings (SSSR count). The quantitative estimate of drug-likeness (QED) is 0.111. The molecule has 0 saturated heterocycles. The molecule has 27 heteroatoms. The van der Waals surface area contributed by atoms with Gasteiger partial charge in [0.05, 0.1) is 38.5 Å². The molecule has 0 aliphatic carbocycles. The van der Waals surface area contributed by atoms with E-state index in [2.05, 4.69) is 0 Å². The zero-order valence-corrected chi connectivity index (χ0v) is 21.7. The number of aliphatic carboxylic acids is 6. The minimum atomic E-state index is -4.64. The normalized spacial score (nSPS) is 9.77. The highest BCUT2D eigenvalue weighted by molar-refractivity contribution is 7.45. The van der Waals surface area contributed by atoms with E-state index in [1.165, 1.54) is 0 Å². The van der Waals surface area contributed by atoms with Gasteiger partial charge in [-0.3, -0.25) is 28.8 Å². The summed E-state index contributed by atoms with van der Waals surface area (Å²) in [5, 5.41) is 47.4. The van der Waals surface area contributed by atoms with Gasteiger partial charge in [0.1, 0.15) is 0 Å². The van der Waals surface area contributed by atoms with E-state index in [1.807, 2.05) is 0 Å². The fourth-order valence-corrected chi connectivity index (χ4v) is 0.642. The van der Waals surface area contributed by atoms with Crippen molar-refractivity contribution >= 4 is 59.3 Å². The van der Waals surface area contributed by atoms with Gasteiger partial charge in [0, 0.05) is 0 Å². The SMILES string of the molecule is O=C(O)CCC(=O)O.O=C(O)CCC(=O)O.O=C(O)CCC(=O)O.O=P(O)(O)O.O=P(O)(O)O.O=P(O)(O)O. The lowest BCUT2D eigenvalue weighted by molar-refractivity contribution is -0.143. The molecule has 0 amide bonds. The zero-order chi connectivity index (χ0) is 33.2.